The average Bonchev–Trinajstić information content (AvgIpc) is 2.82. The number of carbonyl (C=O) groups is 1. The average molecular weight is 375 g/mol. The van der Waals surface area contributed by atoms with Crippen molar-refractivity contribution >= 4 is 17.7 Å². The Bertz CT molecular complexity index is 401. The number of rotatable bonds is 13. The van der Waals surface area contributed by atoms with Crippen LogP contribution in [0.2, 0.25) is 0 Å². The van der Waals surface area contributed by atoms with E-state index in [-0.39, 0.29) is 23.7 Å². The summed E-state index contributed by atoms with van der Waals surface area (Å²) >= 11 is 1.57. The summed E-state index contributed by atoms with van der Waals surface area (Å²) in [5.41, 5.74) is 0. The molecule has 6 heteroatoms. The van der Waals surface area contributed by atoms with Crippen LogP contribution in [0.4, 0.5) is 0 Å². The molecule has 1 aliphatic rings. The largest absolute Gasteiger partial charge is 0.481 e. The number of aliphatic hydroxyl groups is 3. The second kappa shape index (κ2) is 12.7. The van der Waals surface area contributed by atoms with Crippen molar-refractivity contribution in [2.24, 2.45) is 5.92 Å². The summed E-state index contributed by atoms with van der Waals surface area (Å²) in [6.45, 7) is 2.14. The van der Waals surface area contributed by atoms with Crippen LogP contribution in [-0.4, -0.2) is 55.7 Å². The van der Waals surface area contributed by atoms with Gasteiger partial charge in [-0.1, -0.05) is 38.3 Å². The Morgan fingerprint density at radius 1 is 1.20 bits per heavy atom. The molecule has 5 nitrogen and oxygen atoms in total. The molecule has 1 saturated carbocycles. The van der Waals surface area contributed by atoms with Gasteiger partial charge in [-0.2, -0.15) is 11.8 Å². The minimum atomic E-state index is -0.781. The summed E-state index contributed by atoms with van der Waals surface area (Å²) in [6, 6.07) is 0. The Morgan fingerprint density at radius 3 is 2.64 bits per heavy atom. The Hall–Kier alpha value is -0.560. The van der Waals surface area contributed by atoms with Gasteiger partial charge in [-0.05, 0) is 25.7 Å². The molecule has 1 aliphatic carbocycles. The van der Waals surface area contributed by atoms with Crippen LogP contribution in [0.1, 0.15) is 64.7 Å². The van der Waals surface area contributed by atoms with E-state index in [1.54, 1.807) is 11.8 Å². The standard InChI is InChI=1S/C19H34O5S/c1-2-3-6-9-14(20)13-25-19-15(16(21)12-17(19)22)10-7-4-5-8-11-18(23)24/h4,7,14-17,19-22H,2-3,5-6,8-13H2,1H3,(H,23,24)/b7-4-. The zero-order valence-corrected chi connectivity index (χ0v) is 16.0. The number of carboxylic acids is 1. The zero-order chi connectivity index (χ0) is 18.7. The van der Waals surface area contributed by atoms with Crippen LogP contribution in [-0.2, 0) is 4.79 Å². The number of hydrogen-bond acceptors (Lipinski definition) is 5. The molecule has 0 aliphatic heterocycles. The van der Waals surface area contributed by atoms with E-state index in [9.17, 15) is 20.1 Å². The second-order valence-electron chi connectivity index (χ2n) is 6.97. The maximum atomic E-state index is 10.5. The first-order valence-corrected chi connectivity index (χ1v) is 10.5. The molecule has 0 aromatic heterocycles. The smallest absolute Gasteiger partial charge is 0.303 e. The highest BCUT2D eigenvalue weighted by Crippen LogP contribution is 2.38. The number of thioether (sulfide) groups is 1. The first-order valence-electron chi connectivity index (χ1n) is 9.48. The highest BCUT2D eigenvalue weighted by molar-refractivity contribution is 8.00. The number of unbranched alkanes of at least 4 members (excludes halogenated alkanes) is 3. The highest BCUT2D eigenvalue weighted by atomic mass is 32.2. The summed E-state index contributed by atoms with van der Waals surface area (Å²) in [7, 11) is 0. The van der Waals surface area contributed by atoms with Crippen LogP contribution in [0, 0.1) is 5.92 Å². The van der Waals surface area contributed by atoms with Crippen molar-refractivity contribution < 1.29 is 25.2 Å². The summed E-state index contributed by atoms with van der Waals surface area (Å²) in [4.78, 5) is 10.5. The van der Waals surface area contributed by atoms with Crippen LogP contribution in [0.5, 0.6) is 0 Å². The molecule has 146 valence electrons. The van der Waals surface area contributed by atoms with Gasteiger partial charge in [0, 0.05) is 29.8 Å². The van der Waals surface area contributed by atoms with Gasteiger partial charge < -0.3 is 20.4 Å². The molecule has 0 aromatic carbocycles. The summed E-state index contributed by atoms with van der Waals surface area (Å²) in [5.74, 6) is -0.202. The summed E-state index contributed by atoms with van der Waals surface area (Å²) in [5, 5.41) is 39.0. The molecule has 0 spiro atoms. The number of aliphatic carboxylic acids is 1. The van der Waals surface area contributed by atoms with Gasteiger partial charge >= 0.3 is 5.97 Å². The van der Waals surface area contributed by atoms with Gasteiger partial charge in [-0.25, -0.2) is 0 Å². The predicted octanol–water partition coefficient (Wildman–Crippen LogP) is 2.97. The molecule has 0 amide bonds. The molecule has 4 N–H and O–H groups in total. The molecule has 1 fully saturated rings. The van der Waals surface area contributed by atoms with Gasteiger partial charge in [0.1, 0.15) is 0 Å². The monoisotopic (exact) mass is 374 g/mol. The fourth-order valence-electron chi connectivity index (χ4n) is 3.26. The SMILES string of the molecule is CCCCCC(O)CSC1C(O)CC(O)C1C/C=C\CCCC(=O)O. The minimum absolute atomic E-state index is 0.0152. The number of hydrogen-bond donors (Lipinski definition) is 4. The van der Waals surface area contributed by atoms with Gasteiger partial charge in [0.25, 0.3) is 0 Å². The summed E-state index contributed by atoms with van der Waals surface area (Å²) < 4.78 is 0. The first-order chi connectivity index (χ1) is 12.0. The van der Waals surface area contributed by atoms with E-state index >= 15 is 0 Å². The lowest BCUT2D eigenvalue weighted by Crippen LogP contribution is -2.26. The maximum Gasteiger partial charge on any atom is 0.303 e. The number of allylic oxidation sites excluding steroid dienone is 2. The van der Waals surface area contributed by atoms with E-state index in [0.29, 0.717) is 31.4 Å². The topological polar surface area (TPSA) is 98.0 Å². The predicted molar refractivity (Wildman–Crippen MR) is 102 cm³/mol. The van der Waals surface area contributed by atoms with Crippen LogP contribution < -0.4 is 0 Å². The van der Waals surface area contributed by atoms with E-state index in [2.05, 4.69) is 6.92 Å². The van der Waals surface area contributed by atoms with Crippen molar-refractivity contribution in [3.8, 4) is 0 Å². The number of carboxylic acid groups (broad SMARTS) is 1. The lowest BCUT2D eigenvalue weighted by molar-refractivity contribution is -0.137. The lowest BCUT2D eigenvalue weighted by Gasteiger charge is -2.23. The van der Waals surface area contributed by atoms with Crippen molar-refractivity contribution in [2.45, 2.75) is 88.3 Å². The Morgan fingerprint density at radius 2 is 1.96 bits per heavy atom. The third-order valence-corrected chi connectivity index (χ3v) is 6.36. The van der Waals surface area contributed by atoms with E-state index in [0.717, 1.165) is 25.7 Å². The molecule has 5 atom stereocenters. The second-order valence-corrected chi connectivity index (χ2v) is 8.19. The van der Waals surface area contributed by atoms with Crippen molar-refractivity contribution in [2.75, 3.05) is 5.75 Å². The van der Waals surface area contributed by atoms with E-state index in [1.165, 1.54) is 0 Å². The van der Waals surface area contributed by atoms with Gasteiger partial charge in [-0.3, -0.25) is 4.79 Å². The van der Waals surface area contributed by atoms with Crippen LogP contribution in [0.3, 0.4) is 0 Å². The van der Waals surface area contributed by atoms with Gasteiger partial charge in [-0.15, -0.1) is 0 Å². The maximum absolute atomic E-state index is 10.5. The third kappa shape index (κ3) is 9.08. The first kappa shape index (κ1) is 22.5. The molecule has 1 rings (SSSR count). The summed E-state index contributed by atoms with van der Waals surface area (Å²) in [6.07, 6.45) is 9.18. The van der Waals surface area contributed by atoms with Gasteiger partial charge in [0.2, 0.25) is 0 Å². The Kier molecular flexibility index (Phi) is 11.5. The third-order valence-electron chi connectivity index (χ3n) is 4.74. The van der Waals surface area contributed by atoms with Crippen molar-refractivity contribution in [3.63, 3.8) is 0 Å². The zero-order valence-electron chi connectivity index (χ0n) is 15.2. The van der Waals surface area contributed by atoms with Crippen molar-refractivity contribution in [1.29, 1.82) is 0 Å². The molecule has 0 aromatic rings. The van der Waals surface area contributed by atoms with Crippen molar-refractivity contribution in [1.82, 2.24) is 0 Å². The highest BCUT2D eigenvalue weighted by Gasteiger charge is 2.41. The lowest BCUT2D eigenvalue weighted by atomic mass is 10.0. The van der Waals surface area contributed by atoms with E-state index < -0.39 is 18.2 Å². The molecular weight excluding hydrogens is 340 g/mol. The Labute approximate surface area is 155 Å². The fraction of sp³-hybridized carbons (Fsp3) is 0.842. The van der Waals surface area contributed by atoms with Crippen LogP contribution >= 0.6 is 11.8 Å². The normalized spacial score (nSPS) is 27.8. The van der Waals surface area contributed by atoms with Crippen LogP contribution in [0.15, 0.2) is 12.2 Å². The van der Waals surface area contributed by atoms with Crippen LogP contribution in [0.25, 0.3) is 0 Å². The molecule has 0 saturated heterocycles. The fourth-order valence-corrected chi connectivity index (χ4v) is 4.75. The van der Waals surface area contributed by atoms with Gasteiger partial charge in [0.05, 0.1) is 18.3 Å². The minimum Gasteiger partial charge on any atom is -0.481 e. The molecule has 0 bridgehead atoms. The molecular formula is C19H34O5S. The quantitative estimate of drug-likeness (QED) is 0.292. The number of aliphatic hydroxyl groups excluding tert-OH is 3. The molecule has 0 radical (unpaired) electrons. The van der Waals surface area contributed by atoms with E-state index in [1.807, 2.05) is 12.2 Å². The molecule has 25 heavy (non-hydrogen) atoms. The van der Waals surface area contributed by atoms with E-state index in [4.69, 9.17) is 5.11 Å². The molecule has 0 heterocycles. The Balaban J connectivity index is 2.36. The van der Waals surface area contributed by atoms with Gasteiger partial charge in [0.15, 0.2) is 0 Å². The molecule has 5 unspecified atom stereocenters. The van der Waals surface area contributed by atoms with Crippen molar-refractivity contribution in [3.05, 3.63) is 12.2 Å².